The number of halogens is 2. The Labute approximate surface area is 133 Å². The van der Waals surface area contributed by atoms with Crippen molar-refractivity contribution in [1.29, 1.82) is 0 Å². The van der Waals surface area contributed by atoms with Crippen LogP contribution < -0.4 is 10.1 Å². The van der Waals surface area contributed by atoms with Crippen LogP contribution in [0, 0.1) is 11.7 Å². The summed E-state index contributed by atoms with van der Waals surface area (Å²) < 4.78 is 18.8. The van der Waals surface area contributed by atoms with E-state index in [-0.39, 0.29) is 18.2 Å². The summed E-state index contributed by atoms with van der Waals surface area (Å²) in [4.78, 5) is 2.48. The second-order valence-corrected chi connectivity index (χ2v) is 5.82. The smallest absolute Gasteiger partial charge is 0.126 e. The van der Waals surface area contributed by atoms with Crippen molar-refractivity contribution in [2.75, 3.05) is 33.3 Å². The lowest BCUT2D eigenvalue weighted by molar-refractivity contribution is 0.151. The molecule has 1 atom stereocenters. The van der Waals surface area contributed by atoms with Gasteiger partial charge in [0.2, 0.25) is 0 Å². The lowest BCUT2D eigenvalue weighted by Crippen LogP contribution is -2.45. The third-order valence-corrected chi connectivity index (χ3v) is 3.84. The number of hydrogen-bond donors (Lipinski definition) is 1. The summed E-state index contributed by atoms with van der Waals surface area (Å²) in [7, 11) is 1.61. The van der Waals surface area contributed by atoms with Crippen molar-refractivity contribution >= 4 is 12.4 Å². The highest BCUT2D eigenvalue weighted by Gasteiger charge is 2.25. The van der Waals surface area contributed by atoms with E-state index < -0.39 is 0 Å². The second-order valence-electron chi connectivity index (χ2n) is 5.82. The Hall–Kier alpha value is -0.840. The fourth-order valence-electron chi connectivity index (χ4n) is 2.87. The summed E-state index contributed by atoms with van der Waals surface area (Å²) in [5.41, 5.74) is 1.10. The predicted molar refractivity (Wildman–Crippen MR) is 86.8 cm³/mol. The van der Waals surface area contributed by atoms with Crippen molar-refractivity contribution in [3.63, 3.8) is 0 Å². The van der Waals surface area contributed by atoms with E-state index in [1.165, 1.54) is 12.1 Å². The number of methoxy groups -OCH3 is 1. The molecule has 1 N–H and O–H groups in total. The van der Waals surface area contributed by atoms with Gasteiger partial charge in [-0.25, -0.2) is 4.39 Å². The molecule has 120 valence electrons. The molecule has 1 aromatic carbocycles. The summed E-state index contributed by atoms with van der Waals surface area (Å²) in [6.07, 6.45) is 1.06. The monoisotopic (exact) mass is 316 g/mol. The van der Waals surface area contributed by atoms with Crippen LogP contribution in [0.15, 0.2) is 18.2 Å². The third kappa shape index (κ3) is 4.83. The van der Waals surface area contributed by atoms with Crippen molar-refractivity contribution in [2.24, 2.45) is 5.92 Å². The lowest BCUT2D eigenvalue weighted by atomic mass is 9.94. The zero-order valence-electron chi connectivity index (χ0n) is 13.1. The molecule has 3 nitrogen and oxygen atoms in total. The van der Waals surface area contributed by atoms with Crippen LogP contribution in [0.3, 0.4) is 0 Å². The highest BCUT2D eigenvalue weighted by atomic mass is 35.5. The van der Waals surface area contributed by atoms with E-state index in [9.17, 15) is 4.39 Å². The van der Waals surface area contributed by atoms with E-state index in [1.54, 1.807) is 7.11 Å². The topological polar surface area (TPSA) is 24.5 Å². The zero-order chi connectivity index (χ0) is 14.5. The molecule has 21 heavy (non-hydrogen) atoms. The minimum Gasteiger partial charge on any atom is -0.496 e. The van der Waals surface area contributed by atoms with Crippen molar-refractivity contribution in [2.45, 2.75) is 26.3 Å². The number of benzene rings is 1. The normalized spacial score (nSPS) is 17.4. The molecule has 0 saturated carbocycles. The highest BCUT2D eigenvalue weighted by Crippen LogP contribution is 2.34. The van der Waals surface area contributed by atoms with Crippen LogP contribution >= 0.6 is 12.4 Å². The van der Waals surface area contributed by atoms with Gasteiger partial charge >= 0.3 is 0 Å². The van der Waals surface area contributed by atoms with Gasteiger partial charge in [-0.2, -0.15) is 0 Å². The molecule has 1 aliphatic rings. The van der Waals surface area contributed by atoms with Crippen molar-refractivity contribution < 1.29 is 9.13 Å². The zero-order valence-corrected chi connectivity index (χ0v) is 13.9. The van der Waals surface area contributed by atoms with Crippen molar-refractivity contribution in [1.82, 2.24) is 10.2 Å². The van der Waals surface area contributed by atoms with Gasteiger partial charge in [0.25, 0.3) is 0 Å². The molecule has 0 radical (unpaired) electrons. The molecule has 1 aromatic rings. The summed E-state index contributed by atoms with van der Waals surface area (Å²) in [6, 6.07) is 5.20. The second kappa shape index (κ2) is 8.57. The van der Waals surface area contributed by atoms with E-state index in [0.717, 1.165) is 38.2 Å². The van der Waals surface area contributed by atoms with Crippen molar-refractivity contribution in [3.8, 4) is 5.75 Å². The largest absolute Gasteiger partial charge is 0.496 e. The molecule has 5 heteroatoms. The van der Waals surface area contributed by atoms with Gasteiger partial charge < -0.3 is 10.1 Å². The minimum absolute atomic E-state index is 0. The van der Waals surface area contributed by atoms with E-state index in [2.05, 4.69) is 24.1 Å². The molecule has 1 fully saturated rings. The Morgan fingerprint density at radius 3 is 2.52 bits per heavy atom. The van der Waals surface area contributed by atoms with Crippen LogP contribution in [0.4, 0.5) is 4.39 Å². The Morgan fingerprint density at radius 2 is 1.95 bits per heavy atom. The first kappa shape index (κ1) is 18.2. The number of piperazine rings is 1. The van der Waals surface area contributed by atoms with Gasteiger partial charge in [0, 0.05) is 43.9 Å². The Morgan fingerprint density at radius 1 is 1.29 bits per heavy atom. The molecule has 0 aromatic heterocycles. The highest BCUT2D eigenvalue weighted by molar-refractivity contribution is 5.85. The van der Waals surface area contributed by atoms with Crippen LogP contribution in [0.2, 0.25) is 0 Å². The fourth-order valence-corrected chi connectivity index (χ4v) is 2.87. The number of ether oxygens (including phenoxy) is 1. The Bertz CT molecular complexity index is 436. The number of nitrogens with one attached hydrogen (secondary N) is 1. The van der Waals surface area contributed by atoms with Gasteiger partial charge in [0.1, 0.15) is 11.6 Å². The Kier molecular flexibility index (Phi) is 7.43. The van der Waals surface area contributed by atoms with Gasteiger partial charge in [0.15, 0.2) is 0 Å². The molecule has 1 aliphatic heterocycles. The maximum atomic E-state index is 13.4. The van der Waals surface area contributed by atoms with Gasteiger partial charge in [-0.15, -0.1) is 12.4 Å². The van der Waals surface area contributed by atoms with Crippen LogP contribution in [0.25, 0.3) is 0 Å². The van der Waals surface area contributed by atoms with Gasteiger partial charge in [-0.1, -0.05) is 19.9 Å². The van der Waals surface area contributed by atoms with Crippen LogP contribution in [0.1, 0.15) is 31.9 Å². The Balaban J connectivity index is 0.00000220. The van der Waals surface area contributed by atoms with Gasteiger partial charge in [-0.05, 0) is 18.4 Å². The maximum Gasteiger partial charge on any atom is 0.126 e. The number of rotatable bonds is 5. The van der Waals surface area contributed by atoms with E-state index in [4.69, 9.17) is 4.74 Å². The third-order valence-electron chi connectivity index (χ3n) is 3.84. The fraction of sp³-hybridized carbons (Fsp3) is 0.625. The van der Waals surface area contributed by atoms with E-state index >= 15 is 0 Å². The minimum atomic E-state index is -0.241. The molecule has 0 unspecified atom stereocenters. The van der Waals surface area contributed by atoms with Gasteiger partial charge in [-0.3, -0.25) is 4.90 Å². The first-order valence-corrected chi connectivity index (χ1v) is 7.40. The molecule has 1 heterocycles. The molecule has 0 amide bonds. The van der Waals surface area contributed by atoms with Crippen LogP contribution in [-0.2, 0) is 0 Å². The number of nitrogens with zero attached hydrogens (tertiary/aromatic N) is 1. The first-order valence-electron chi connectivity index (χ1n) is 7.40. The SMILES string of the molecule is COc1cc(F)ccc1[C@@H](CC(C)C)N1CCNCC1.Cl. The average molecular weight is 317 g/mol. The van der Waals surface area contributed by atoms with E-state index in [1.807, 2.05) is 6.07 Å². The molecule has 0 bridgehead atoms. The summed E-state index contributed by atoms with van der Waals surface area (Å²) in [5.74, 6) is 1.01. The molecule has 0 spiro atoms. The van der Waals surface area contributed by atoms with Gasteiger partial charge in [0.05, 0.1) is 7.11 Å². The van der Waals surface area contributed by atoms with Crippen molar-refractivity contribution in [3.05, 3.63) is 29.6 Å². The molecule has 1 saturated heterocycles. The average Bonchev–Trinajstić information content (AvgIpc) is 2.45. The molecular weight excluding hydrogens is 291 g/mol. The molecular formula is C16H26ClFN2O. The standard InChI is InChI=1S/C16H25FN2O.ClH/c1-12(2)10-15(19-8-6-18-7-9-19)14-5-4-13(17)11-16(14)20-3;/h4-5,11-12,15,18H,6-10H2,1-3H3;1H/t15-;/m1./s1. The summed E-state index contributed by atoms with van der Waals surface area (Å²) in [6.45, 7) is 8.53. The number of hydrogen-bond acceptors (Lipinski definition) is 3. The lowest BCUT2D eigenvalue weighted by Gasteiger charge is -2.36. The van der Waals surface area contributed by atoms with Crippen LogP contribution in [0.5, 0.6) is 5.75 Å². The predicted octanol–water partition coefficient (Wildman–Crippen LogP) is 3.25. The summed E-state index contributed by atoms with van der Waals surface area (Å²) in [5, 5.41) is 3.38. The quantitative estimate of drug-likeness (QED) is 0.902. The first-order chi connectivity index (χ1) is 9.61. The van der Waals surface area contributed by atoms with E-state index in [0.29, 0.717) is 17.7 Å². The molecule has 2 rings (SSSR count). The van der Waals surface area contributed by atoms with Crippen LogP contribution in [-0.4, -0.2) is 38.2 Å². The molecule has 0 aliphatic carbocycles. The summed E-state index contributed by atoms with van der Waals surface area (Å²) >= 11 is 0. The maximum absolute atomic E-state index is 13.4.